The molecule has 0 saturated carbocycles. The molecule has 1 aromatic heterocycles. The van der Waals surface area contributed by atoms with Crippen LogP contribution in [-0.2, 0) is 17.9 Å². The standard InChI is InChI=1S/C21H27ClN2O4/c1-27-20-8-5-16(11-19(20)22)23-21(26)9-4-15-3-2-10-24(12-15)13-17-6-7-18(14-25)28-17/h5-8,11,15,25H,2-4,9-10,12-14H2,1H3,(H,23,26). The third-order valence-corrected chi connectivity index (χ3v) is 5.37. The molecule has 1 aliphatic rings. The third-order valence-electron chi connectivity index (χ3n) is 5.07. The van der Waals surface area contributed by atoms with Crippen LogP contribution in [0.15, 0.2) is 34.7 Å². The number of ether oxygens (including phenoxy) is 1. The fraction of sp³-hybridized carbons (Fsp3) is 0.476. The molecule has 3 rings (SSSR count). The first-order valence-corrected chi connectivity index (χ1v) is 9.99. The first kappa shape index (κ1) is 20.7. The Hall–Kier alpha value is -2.02. The fourth-order valence-electron chi connectivity index (χ4n) is 3.65. The second-order valence-corrected chi connectivity index (χ2v) is 7.61. The van der Waals surface area contributed by atoms with Gasteiger partial charge in [0.1, 0.15) is 23.9 Å². The van der Waals surface area contributed by atoms with Crippen LogP contribution in [0.2, 0.25) is 5.02 Å². The molecule has 0 aliphatic carbocycles. The van der Waals surface area contributed by atoms with Crippen LogP contribution < -0.4 is 10.1 Å². The number of likely N-dealkylation sites (tertiary alicyclic amines) is 1. The van der Waals surface area contributed by atoms with Crippen molar-refractivity contribution in [1.29, 1.82) is 0 Å². The zero-order valence-corrected chi connectivity index (χ0v) is 16.9. The summed E-state index contributed by atoms with van der Waals surface area (Å²) in [4.78, 5) is 14.6. The number of aliphatic hydroxyl groups excluding tert-OH is 1. The van der Waals surface area contributed by atoms with Crippen molar-refractivity contribution in [2.75, 3.05) is 25.5 Å². The van der Waals surface area contributed by atoms with Crippen molar-refractivity contribution in [3.63, 3.8) is 0 Å². The molecule has 152 valence electrons. The van der Waals surface area contributed by atoms with Crippen molar-refractivity contribution in [3.05, 3.63) is 46.9 Å². The molecule has 1 unspecified atom stereocenters. The number of furan rings is 1. The van der Waals surface area contributed by atoms with Crippen molar-refractivity contribution < 1.29 is 19.1 Å². The molecule has 0 bridgehead atoms. The molecule has 1 saturated heterocycles. The van der Waals surface area contributed by atoms with Gasteiger partial charge in [-0.15, -0.1) is 0 Å². The molecular weight excluding hydrogens is 380 g/mol. The number of methoxy groups -OCH3 is 1. The predicted octanol–water partition coefficient (Wildman–Crippen LogP) is 4.06. The molecule has 1 atom stereocenters. The van der Waals surface area contributed by atoms with Crippen LogP contribution in [0.5, 0.6) is 5.75 Å². The van der Waals surface area contributed by atoms with Gasteiger partial charge in [0.05, 0.1) is 18.7 Å². The van der Waals surface area contributed by atoms with Crippen molar-refractivity contribution >= 4 is 23.2 Å². The molecule has 1 amide bonds. The SMILES string of the molecule is COc1ccc(NC(=O)CCC2CCCN(Cc3ccc(CO)o3)C2)cc1Cl. The maximum atomic E-state index is 12.3. The van der Waals surface area contributed by atoms with Gasteiger partial charge in [-0.05, 0) is 62.1 Å². The van der Waals surface area contributed by atoms with Gasteiger partial charge in [-0.1, -0.05) is 11.6 Å². The van der Waals surface area contributed by atoms with Gasteiger partial charge in [-0.25, -0.2) is 0 Å². The Morgan fingerprint density at radius 3 is 2.89 bits per heavy atom. The van der Waals surface area contributed by atoms with E-state index in [1.807, 2.05) is 12.1 Å². The largest absolute Gasteiger partial charge is 0.495 e. The zero-order chi connectivity index (χ0) is 19.9. The second-order valence-electron chi connectivity index (χ2n) is 7.21. The van der Waals surface area contributed by atoms with E-state index in [4.69, 9.17) is 25.9 Å². The van der Waals surface area contributed by atoms with E-state index >= 15 is 0 Å². The molecule has 0 radical (unpaired) electrons. The van der Waals surface area contributed by atoms with E-state index in [2.05, 4.69) is 10.2 Å². The predicted molar refractivity (Wildman–Crippen MR) is 108 cm³/mol. The molecule has 6 nitrogen and oxygen atoms in total. The van der Waals surface area contributed by atoms with E-state index in [-0.39, 0.29) is 12.5 Å². The van der Waals surface area contributed by atoms with Crippen molar-refractivity contribution in [3.8, 4) is 5.75 Å². The molecule has 28 heavy (non-hydrogen) atoms. The number of anilines is 1. The number of amides is 1. The normalized spacial score (nSPS) is 17.5. The number of piperidine rings is 1. The fourth-order valence-corrected chi connectivity index (χ4v) is 3.90. The van der Waals surface area contributed by atoms with Crippen LogP contribution in [-0.4, -0.2) is 36.1 Å². The Bertz CT molecular complexity index is 792. The van der Waals surface area contributed by atoms with Crippen molar-refractivity contribution in [2.45, 2.75) is 38.8 Å². The number of carbonyl (C=O) groups excluding carboxylic acids is 1. The van der Waals surface area contributed by atoms with Crippen LogP contribution in [0.4, 0.5) is 5.69 Å². The number of nitrogens with one attached hydrogen (secondary N) is 1. The number of rotatable bonds is 8. The maximum absolute atomic E-state index is 12.3. The van der Waals surface area contributed by atoms with Gasteiger partial charge in [0.2, 0.25) is 5.91 Å². The monoisotopic (exact) mass is 406 g/mol. The van der Waals surface area contributed by atoms with Gasteiger partial charge in [-0.2, -0.15) is 0 Å². The highest BCUT2D eigenvalue weighted by Crippen LogP contribution is 2.28. The van der Waals surface area contributed by atoms with Gasteiger partial charge in [0.25, 0.3) is 0 Å². The van der Waals surface area contributed by atoms with Crippen LogP contribution in [0.25, 0.3) is 0 Å². The summed E-state index contributed by atoms with van der Waals surface area (Å²) < 4.78 is 10.7. The molecule has 2 heterocycles. The summed E-state index contributed by atoms with van der Waals surface area (Å²) in [5.41, 5.74) is 0.679. The average molecular weight is 407 g/mol. The summed E-state index contributed by atoms with van der Waals surface area (Å²) >= 11 is 6.10. The molecule has 2 N–H and O–H groups in total. The van der Waals surface area contributed by atoms with Gasteiger partial charge in [0, 0.05) is 18.7 Å². The van der Waals surface area contributed by atoms with Crippen molar-refractivity contribution in [1.82, 2.24) is 4.90 Å². The Balaban J connectivity index is 1.44. The van der Waals surface area contributed by atoms with Gasteiger partial charge in [-0.3, -0.25) is 9.69 Å². The molecule has 1 aromatic carbocycles. The minimum absolute atomic E-state index is 0.00280. The first-order chi connectivity index (χ1) is 13.6. The van der Waals surface area contributed by atoms with E-state index in [0.29, 0.717) is 34.6 Å². The van der Waals surface area contributed by atoms with Gasteiger partial charge < -0.3 is 19.6 Å². The van der Waals surface area contributed by atoms with Crippen molar-refractivity contribution in [2.24, 2.45) is 5.92 Å². The van der Waals surface area contributed by atoms with E-state index in [9.17, 15) is 4.79 Å². The Kier molecular flexibility index (Phi) is 7.36. The summed E-state index contributed by atoms with van der Waals surface area (Å²) in [5.74, 6) is 2.55. The maximum Gasteiger partial charge on any atom is 0.224 e. The van der Waals surface area contributed by atoms with E-state index in [1.54, 1.807) is 25.3 Å². The minimum Gasteiger partial charge on any atom is -0.495 e. The number of halogens is 1. The average Bonchev–Trinajstić information content (AvgIpc) is 3.14. The number of nitrogens with zero attached hydrogens (tertiary/aromatic N) is 1. The molecular formula is C21H27ClN2O4. The molecule has 2 aromatic rings. The molecule has 1 aliphatic heterocycles. The number of benzene rings is 1. The van der Waals surface area contributed by atoms with Crippen LogP contribution in [0.1, 0.15) is 37.2 Å². The van der Waals surface area contributed by atoms with Gasteiger partial charge >= 0.3 is 0 Å². The van der Waals surface area contributed by atoms with Gasteiger partial charge in [0.15, 0.2) is 0 Å². The smallest absolute Gasteiger partial charge is 0.224 e. The number of hydrogen-bond acceptors (Lipinski definition) is 5. The highest BCUT2D eigenvalue weighted by atomic mass is 35.5. The number of hydrogen-bond donors (Lipinski definition) is 2. The van der Waals surface area contributed by atoms with Crippen LogP contribution in [0.3, 0.4) is 0 Å². The third kappa shape index (κ3) is 5.74. The molecule has 0 spiro atoms. The summed E-state index contributed by atoms with van der Waals surface area (Å²) in [6.07, 6.45) is 3.59. The first-order valence-electron chi connectivity index (χ1n) is 9.61. The lowest BCUT2D eigenvalue weighted by Gasteiger charge is -2.32. The van der Waals surface area contributed by atoms with E-state index < -0.39 is 0 Å². The highest BCUT2D eigenvalue weighted by Gasteiger charge is 2.21. The lowest BCUT2D eigenvalue weighted by molar-refractivity contribution is -0.116. The van der Waals surface area contributed by atoms with E-state index in [0.717, 1.165) is 44.7 Å². The Morgan fingerprint density at radius 2 is 2.18 bits per heavy atom. The number of aliphatic hydroxyl groups is 1. The summed E-state index contributed by atoms with van der Waals surface area (Å²) in [7, 11) is 1.56. The topological polar surface area (TPSA) is 74.9 Å². The molecule has 1 fully saturated rings. The summed E-state index contributed by atoms with van der Waals surface area (Å²) in [5, 5.41) is 12.5. The molecule has 7 heteroatoms. The second kappa shape index (κ2) is 9.96. The minimum atomic E-state index is -0.0723. The Morgan fingerprint density at radius 1 is 1.36 bits per heavy atom. The lowest BCUT2D eigenvalue weighted by atomic mass is 9.93. The highest BCUT2D eigenvalue weighted by molar-refractivity contribution is 6.32. The summed E-state index contributed by atoms with van der Waals surface area (Å²) in [6, 6.07) is 8.96. The van der Waals surface area contributed by atoms with Crippen LogP contribution >= 0.6 is 11.6 Å². The van der Waals surface area contributed by atoms with Crippen LogP contribution in [0, 0.1) is 5.92 Å². The Labute approximate surface area is 170 Å². The summed E-state index contributed by atoms with van der Waals surface area (Å²) in [6.45, 7) is 2.66. The number of carbonyl (C=O) groups is 1. The lowest BCUT2D eigenvalue weighted by Crippen LogP contribution is -2.35. The van der Waals surface area contributed by atoms with E-state index in [1.165, 1.54) is 0 Å². The quantitative estimate of drug-likeness (QED) is 0.691. The zero-order valence-electron chi connectivity index (χ0n) is 16.1.